The molecule has 0 aromatic rings. The van der Waals surface area contributed by atoms with Crippen molar-refractivity contribution >= 4 is 0 Å². The fourth-order valence-corrected chi connectivity index (χ4v) is 2.18. The largest absolute Gasteiger partial charge is 0.381 e. The second kappa shape index (κ2) is 5.69. The number of rotatable bonds is 5. The van der Waals surface area contributed by atoms with Gasteiger partial charge in [0.15, 0.2) is 0 Å². The van der Waals surface area contributed by atoms with Crippen molar-refractivity contribution in [3.63, 3.8) is 0 Å². The van der Waals surface area contributed by atoms with Gasteiger partial charge in [0.25, 0.3) is 0 Å². The molecule has 1 heterocycles. The summed E-state index contributed by atoms with van der Waals surface area (Å²) in [6.07, 6.45) is 2.39. The van der Waals surface area contributed by atoms with E-state index in [1.807, 2.05) is 0 Å². The molecular weight excluding hydrogens is 176 g/mol. The van der Waals surface area contributed by atoms with Gasteiger partial charge in [-0.25, -0.2) is 0 Å². The van der Waals surface area contributed by atoms with Gasteiger partial charge in [0, 0.05) is 25.1 Å². The fraction of sp³-hybridized carbons (Fsp3) is 1.00. The van der Waals surface area contributed by atoms with Gasteiger partial charge < -0.3 is 15.4 Å². The zero-order valence-corrected chi connectivity index (χ0v) is 9.59. The van der Waals surface area contributed by atoms with Crippen molar-refractivity contribution in [3.8, 4) is 0 Å². The van der Waals surface area contributed by atoms with Crippen LogP contribution >= 0.6 is 0 Å². The maximum atomic E-state index is 5.89. The van der Waals surface area contributed by atoms with Crippen molar-refractivity contribution in [1.29, 1.82) is 0 Å². The molecule has 0 aliphatic carbocycles. The van der Waals surface area contributed by atoms with Crippen LogP contribution in [0.4, 0.5) is 0 Å². The van der Waals surface area contributed by atoms with E-state index in [1.54, 1.807) is 0 Å². The number of ether oxygens (including phenoxy) is 1. The molecule has 0 amide bonds. The summed E-state index contributed by atoms with van der Waals surface area (Å²) >= 11 is 0. The van der Waals surface area contributed by atoms with E-state index in [9.17, 15) is 0 Å². The Morgan fingerprint density at radius 2 is 2.07 bits per heavy atom. The standard InChI is InChI=1S/C11H24N2O/c1-3-13(4-2)9-11(8-12)6-5-7-14-10-11/h3-10,12H2,1-2H3. The molecule has 0 spiro atoms. The maximum absolute atomic E-state index is 5.89. The highest BCUT2D eigenvalue weighted by molar-refractivity contribution is 4.85. The Hall–Kier alpha value is -0.120. The van der Waals surface area contributed by atoms with Crippen molar-refractivity contribution in [2.45, 2.75) is 26.7 Å². The number of nitrogens with two attached hydrogens (primary N) is 1. The quantitative estimate of drug-likeness (QED) is 0.722. The minimum absolute atomic E-state index is 0.226. The van der Waals surface area contributed by atoms with E-state index in [2.05, 4.69) is 18.7 Å². The monoisotopic (exact) mass is 200 g/mol. The third-order valence-corrected chi connectivity index (χ3v) is 3.29. The number of hydrogen-bond acceptors (Lipinski definition) is 3. The molecule has 1 saturated heterocycles. The first-order chi connectivity index (χ1) is 6.76. The van der Waals surface area contributed by atoms with E-state index in [0.29, 0.717) is 0 Å². The van der Waals surface area contributed by atoms with Gasteiger partial charge in [-0.1, -0.05) is 13.8 Å². The van der Waals surface area contributed by atoms with Crippen LogP contribution in [0.3, 0.4) is 0 Å². The predicted molar refractivity (Wildman–Crippen MR) is 59.3 cm³/mol. The Labute approximate surface area is 87.6 Å². The van der Waals surface area contributed by atoms with E-state index >= 15 is 0 Å². The Morgan fingerprint density at radius 1 is 1.36 bits per heavy atom. The molecule has 84 valence electrons. The van der Waals surface area contributed by atoms with Crippen molar-refractivity contribution in [2.24, 2.45) is 11.1 Å². The van der Waals surface area contributed by atoms with Crippen LogP contribution in [-0.4, -0.2) is 44.3 Å². The molecule has 0 radical (unpaired) electrons. The first kappa shape index (κ1) is 12.0. The van der Waals surface area contributed by atoms with Gasteiger partial charge in [-0.3, -0.25) is 0 Å². The molecule has 14 heavy (non-hydrogen) atoms. The Balaban J connectivity index is 2.50. The molecule has 0 aromatic heterocycles. The summed E-state index contributed by atoms with van der Waals surface area (Å²) in [6.45, 7) is 10.2. The third kappa shape index (κ3) is 2.94. The smallest absolute Gasteiger partial charge is 0.0546 e. The third-order valence-electron chi connectivity index (χ3n) is 3.29. The summed E-state index contributed by atoms with van der Waals surface area (Å²) in [7, 11) is 0. The van der Waals surface area contributed by atoms with Crippen molar-refractivity contribution in [2.75, 3.05) is 39.4 Å². The SMILES string of the molecule is CCN(CC)CC1(CN)CCCOC1. The number of nitrogens with zero attached hydrogens (tertiary/aromatic N) is 1. The van der Waals surface area contributed by atoms with Crippen molar-refractivity contribution in [3.05, 3.63) is 0 Å². The highest BCUT2D eigenvalue weighted by atomic mass is 16.5. The summed E-state index contributed by atoms with van der Waals surface area (Å²) in [5.41, 5.74) is 6.12. The predicted octanol–water partition coefficient (Wildman–Crippen LogP) is 1.08. The fourth-order valence-electron chi connectivity index (χ4n) is 2.18. The van der Waals surface area contributed by atoms with Gasteiger partial charge in [-0.05, 0) is 25.9 Å². The van der Waals surface area contributed by atoms with Crippen LogP contribution in [0.15, 0.2) is 0 Å². The van der Waals surface area contributed by atoms with Crippen LogP contribution < -0.4 is 5.73 Å². The lowest BCUT2D eigenvalue weighted by Crippen LogP contribution is -2.47. The van der Waals surface area contributed by atoms with Gasteiger partial charge >= 0.3 is 0 Å². The highest BCUT2D eigenvalue weighted by Gasteiger charge is 2.32. The zero-order valence-electron chi connectivity index (χ0n) is 9.59. The molecule has 2 N–H and O–H groups in total. The van der Waals surface area contributed by atoms with Crippen LogP contribution in [-0.2, 0) is 4.74 Å². The van der Waals surface area contributed by atoms with E-state index in [1.165, 1.54) is 12.8 Å². The average Bonchev–Trinajstić information content (AvgIpc) is 2.27. The molecule has 0 bridgehead atoms. The van der Waals surface area contributed by atoms with Crippen LogP contribution in [0, 0.1) is 5.41 Å². The average molecular weight is 200 g/mol. The number of hydrogen-bond donors (Lipinski definition) is 1. The molecule has 1 aliphatic rings. The summed E-state index contributed by atoms with van der Waals surface area (Å²) < 4.78 is 5.56. The highest BCUT2D eigenvalue weighted by Crippen LogP contribution is 2.28. The van der Waals surface area contributed by atoms with Gasteiger partial charge in [0.2, 0.25) is 0 Å². The molecule has 0 aromatic carbocycles. The maximum Gasteiger partial charge on any atom is 0.0546 e. The van der Waals surface area contributed by atoms with Gasteiger partial charge in [-0.15, -0.1) is 0 Å². The minimum Gasteiger partial charge on any atom is -0.381 e. The first-order valence-electron chi connectivity index (χ1n) is 5.76. The summed E-state index contributed by atoms with van der Waals surface area (Å²) in [4.78, 5) is 2.45. The Morgan fingerprint density at radius 3 is 2.50 bits per heavy atom. The molecule has 1 rings (SSSR count). The molecule has 3 heteroatoms. The van der Waals surface area contributed by atoms with Crippen LogP contribution in [0.5, 0.6) is 0 Å². The summed E-state index contributed by atoms with van der Waals surface area (Å²) in [6, 6.07) is 0. The van der Waals surface area contributed by atoms with Crippen LogP contribution in [0.2, 0.25) is 0 Å². The lowest BCUT2D eigenvalue weighted by Gasteiger charge is -2.39. The molecule has 1 unspecified atom stereocenters. The molecule has 1 aliphatic heterocycles. The minimum atomic E-state index is 0.226. The Bertz CT molecular complexity index is 151. The molecule has 0 saturated carbocycles. The first-order valence-corrected chi connectivity index (χ1v) is 5.76. The summed E-state index contributed by atoms with van der Waals surface area (Å²) in [5.74, 6) is 0. The zero-order chi connectivity index (χ0) is 10.4. The molecule has 3 nitrogen and oxygen atoms in total. The topological polar surface area (TPSA) is 38.5 Å². The van der Waals surface area contributed by atoms with E-state index < -0.39 is 0 Å². The van der Waals surface area contributed by atoms with Crippen molar-refractivity contribution < 1.29 is 4.74 Å². The lowest BCUT2D eigenvalue weighted by molar-refractivity contribution is -0.0204. The second-order valence-electron chi connectivity index (χ2n) is 4.32. The van der Waals surface area contributed by atoms with Gasteiger partial charge in [0.05, 0.1) is 6.61 Å². The van der Waals surface area contributed by atoms with Gasteiger partial charge in [-0.2, -0.15) is 0 Å². The molecule has 1 atom stereocenters. The second-order valence-corrected chi connectivity index (χ2v) is 4.32. The Kier molecular flexibility index (Phi) is 4.85. The van der Waals surface area contributed by atoms with Crippen LogP contribution in [0.1, 0.15) is 26.7 Å². The molecule has 1 fully saturated rings. The van der Waals surface area contributed by atoms with Crippen LogP contribution in [0.25, 0.3) is 0 Å². The van der Waals surface area contributed by atoms with Gasteiger partial charge in [0.1, 0.15) is 0 Å². The van der Waals surface area contributed by atoms with E-state index in [-0.39, 0.29) is 5.41 Å². The lowest BCUT2D eigenvalue weighted by atomic mass is 9.82. The van der Waals surface area contributed by atoms with Crippen molar-refractivity contribution in [1.82, 2.24) is 4.90 Å². The normalized spacial score (nSPS) is 28.3. The van der Waals surface area contributed by atoms with E-state index in [4.69, 9.17) is 10.5 Å². The molecular formula is C11H24N2O. The summed E-state index contributed by atoms with van der Waals surface area (Å²) in [5, 5.41) is 0. The van der Waals surface area contributed by atoms with E-state index in [0.717, 1.165) is 39.4 Å².